The molecule has 0 heterocycles. The first kappa shape index (κ1) is 19.0. The van der Waals surface area contributed by atoms with Gasteiger partial charge in [-0.2, -0.15) is 0 Å². The van der Waals surface area contributed by atoms with E-state index in [1.165, 1.54) is 18.2 Å². The van der Waals surface area contributed by atoms with Crippen molar-refractivity contribution in [2.24, 2.45) is 0 Å². The van der Waals surface area contributed by atoms with E-state index in [0.29, 0.717) is 0 Å². The van der Waals surface area contributed by atoms with Crippen LogP contribution < -0.4 is 10.0 Å². The molecular weight excluding hydrogens is 350 g/mol. The Balaban J connectivity index is 1.98. The SMILES string of the molecule is CC(C)c1ccc(S(=O)(=O)NCC(=O)Nc2ccc(F)c(F)c2)cc1. The summed E-state index contributed by atoms with van der Waals surface area (Å²) in [4.78, 5) is 11.8. The van der Waals surface area contributed by atoms with E-state index in [0.717, 1.165) is 17.7 Å². The van der Waals surface area contributed by atoms with Crippen LogP contribution in [-0.2, 0) is 14.8 Å². The van der Waals surface area contributed by atoms with Crippen molar-refractivity contribution in [3.8, 4) is 0 Å². The molecule has 0 aliphatic rings. The van der Waals surface area contributed by atoms with Crippen LogP contribution in [0.4, 0.5) is 14.5 Å². The van der Waals surface area contributed by atoms with E-state index < -0.39 is 34.1 Å². The summed E-state index contributed by atoms with van der Waals surface area (Å²) in [6.07, 6.45) is 0. The van der Waals surface area contributed by atoms with Gasteiger partial charge in [-0.3, -0.25) is 4.79 Å². The number of rotatable bonds is 6. The third kappa shape index (κ3) is 5.07. The standard InChI is InChI=1S/C17H18F2N2O3S/c1-11(2)12-3-6-14(7-4-12)25(23,24)20-10-17(22)21-13-5-8-15(18)16(19)9-13/h3-9,11,20H,10H2,1-2H3,(H,21,22). The fourth-order valence-electron chi connectivity index (χ4n) is 2.05. The highest BCUT2D eigenvalue weighted by atomic mass is 32.2. The quantitative estimate of drug-likeness (QED) is 0.823. The first-order valence-electron chi connectivity index (χ1n) is 7.53. The summed E-state index contributed by atoms with van der Waals surface area (Å²) in [5, 5.41) is 2.29. The molecule has 0 aliphatic carbocycles. The van der Waals surface area contributed by atoms with Crippen LogP contribution in [0, 0.1) is 11.6 Å². The average molecular weight is 368 g/mol. The second-order valence-electron chi connectivity index (χ2n) is 5.73. The second kappa shape index (κ2) is 7.71. The minimum Gasteiger partial charge on any atom is -0.325 e. The minimum absolute atomic E-state index is 0.0318. The Bertz CT molecular complexity index is 866. The molecule has 2 aromatic carbocycles. The van der Waals surface area contributed by atoms with Crippen LogP contribution in [0.2, 0.25) is 0 Å². The Morgan fingerprint density at radius 2 is 1.68 bits per heavy atom. The zero-order valence-corrected chi connectivity index (χ0v) is 14.5. The summed E-state index contributed by atoms with van der Waals surface area (Å²) in [7, 11) is -3.85. The van der Waals surface area contributed by atoms with Crippen LogP contribution in [0.15, 0.2) is 47.4 Å². The number of carbonyl (C=O) groups excluding carboxylic acids is 1. The van der Waals surface area contributed by atoms with Gasteiger partial charge in [0.1, 0.15) is 0 Å². The molecule has 25 heavy (non-hydrogen) atoms. The molecule has 0 radical (unpaired) electrons. The second-order valence-corrected chi connectivity index (χ2v) is 7.49. The van der Waals surface area contributed by atoms with Gasteiger partial charge in [-0.1, -0.05) is 26.0 Å². The summed E-state index contributed by atoms with van der Waals surface area (Å²) in [6.45, 7) is 3.45. The normalized spacial score (nSPS) is 11.6. The van der Waals surface area contributed by atoms with Gasteiger partial charge in [-0.05, 0) is 35.7 Å². The van der Waals surface area contributed by atoms with Gasteiger partial charge >= 0.3 is 0 Å². The van der Waals surface area contributed by atoms with Crippen LogP contribution in [0.5, 0.6) is 0 Å². The maximum absolute atomic E-state index is 13.1. The number of sulfonamides is 1. The lowest BCUT2D eigenvalue weighted by atomic mass is 10.0. The van der Waals surface area contributed by atoms with E-state index in [-0.39, 0.29) is 16.5 Å². The third-order valence-corrected chi connectivity index (χ3v) is 4.90. The van der Waals surface area contributed by atoms with Gasteiger partial charge < -0.3 is 5.32 Å². The molecule has 2 aromatic rings. The predicted octanol–water partition coefficient (Wildman–Crippen LogP) is 3.01. The lowest BCUT2D eigenvalue weighted by Crippen LogP contribution is -2.32. The lowest BCUT2D eigenvalue weighted by Gasteiger charge is -2.10. The van der Waals surface area contributed by atoms with Gasteiger partial charge in [0.15, 0.2) is 11.6 Å². The van der Waals surface area contributed by atoms with E-state index in [1.807, 2.05) is 13.8 Å². The van der Waals surface area contributed by atoms with E-state index in [4.69, 9.17) is 0 Å². The molecule has 134 valence electrons. The molecule has 0 fully saturated rings. The van der Waals surface area contributed by atoms with Gasteiger partial charge in [0.05, 0.1) is 11.4 Å². The first-order chi connectivity index (χ1) is 11.7. The zero-order valence-electron chi connectivity index (χ0n) is 13.7. The van der Waals surface area contributed by atoms with E-state index in [2.05, 4.69) is 10.0 Å². The fraction of sp³-hybridized carbons (Fsp3) is 0.235. The molecule has 0 spiro atoms. The molecule has 0 unspecified atom stereocenters. The van der Waals surface area contributed by atoms with Crippen molar-refractivity contribution in [1.29, 1.82) is 0 Å². The lowest BCUT2D eigenvalue weighted by molar-refractivity contribution is -0.115. The van der Waals surface area contributed by atoms with Gasteiger partial charge in [0, 0.05) is 11.8 Å². The Labute approximate surface area is 145 Å². The van der Waals surface area contributed by atoms with Crippen LogP contribution in [-0.4, -0.2) is 20.9 Å². The molecule has 8 heteroatoms. The molecule has 0 bridgehead atoms. The molecule has 2 rings (SSSR count). The van der Waals surface area contributed by atoms with Crippen molar-refractivity contribution in [3.05, 3.63) is 59.7 Å². The summed E-state index contributed by atoms with van der Waals surface area (Å²) in [6, 6.07) is 9.20. The van der Waals surface area contributed by atoms with Gasteiger partial charge in [-0.15, -0.1) is 0 Å². The Hall–Kier alpha value is -2.32. The molecule has 1 amide bonds. The number of carbonyl (C=O) groups is 1. The summed E-state index contributed by atoms with van der Waals surface area (Å²) in [5.74, 6) is -2.58. The Morgan fingerprint density at radius 3 is 2.24 bits per heavy atom. The minimum atomic E-state index is -3.85. The maximum atomic E-state index is 13.1. The van der Waals surface area contributed by atoms with Crippen LogP contribution >= 0.6 is 0 Å². The molecule has 0 aliphatic heterocycles. The maximum Gasteiger partial charge on any atom is 0.241 e. The first-order valence-corrected chi connectivity index (χ1v) is 9.02. The van der Waals surface area contributed by atoms with Crippen molar-refractivity contribution in [2.45, 2.75) is 24.7 Å². The number of benzene rings is 2. The number of hydrogen-bond donors (Lipinski definition) is 2. The molecule has 5 nitrogen and oxygen atoms in total. The van der Waals surface area contributed by atoms with Crippen molar-refractivity contribution in [1.82, 2.24) is 4.72 Å². The zero-order chi connectivity index (χ0) is 18.6. The summed E-state index contributed by atoms with van der Waals surface area (Å²) < 4.78 is 52.4. The molecule has 0 saturated heterocycles. The highest BCUT2D eigenvalue weighted by Gasteiger charge is 2.16. The Morgan fingerprint density at radius 1 is 1.04 bits per heavy atom. The van der Waals surface area contributed by atoms with Crippen LogP contribution in [0.3, 0.4) is 0 Å². The van der Waals surface area contributed by atoms with Crippen LogP contribution in [0.1, 0.15) is 25.3 Å². The Kier molecular flexibility index (Phi) is 5.86. The molecule has 0 atom stereocenters. The number of hydrogen-bond acceptors (Lipinski definition) is 3. The van der Waals surface area contributed by atoms with E-state index in [9.17, 15) is 22.0 Å². The monoisotopic (exact) mass is 368 g/mol. The van der Waals surface area contributed by atoms with E-state index in [1.54, 1.807) is 12.1 Å². The van der Waals surface area contributed by atoms with Crippen molar-refractivity contribution in [3.63, 3.8) is 0 Å². The highest BCUT2D eigenvalue weighted by molar-refractivity contribution is 7.89. The predicted molar refractivity (Wildman–Crippen MR) is 90.7 cm³/mol. The summed E-state index contributed by atoms with van der Waals surface area (Å²) >= 11 is 0. The fourth-order valence-corrected chi connectivity index (χ4v) is 3.04. The van der Waals surface area contributed by atoms with Gasteiger partial charge in [0.25, 0.3) is 0 Å². The topological polar surface area (TPSA) is 75.3 Å². The van der Waals surface area contributed by atoms with Gasteiger partial charge in [-0.25, -0.2) is 21.9 Å². The summed E-state index contributed by atoms with van der Waals surface area (Å²) in [5.41, 5.74) is 1.03. The third-order valence-electron chi connectivity index (χ3n) is 3.48. The molecule has 0 aromatic heterocycles. The van der Waals surface area contributed by atoms with Crippen molar-refractivity contribution in [2.75, 3.05) is 11.9 Å². The number of halogens is 2. The number of anilines is 1. The number of nitrogens with one attached hydrogen (secondary N) is 2. The molecule has 2 N–H and O–H groups in total. The van der Waals surface area contributed by atoms with Gasteiger partial charge in [0.2, 0.25) is 15.9 Å². The molecular formula is C17H18F2N2O3S. The van der Waals surface area contributed by atoms with E-state index >= 15 is 0 Å². The molecule has 0 saturated carbocycles. The van der Waals surface area contributed by atoms with Crippen molar-refractivity contribution >= 4 is 21.6 Å². The van der Waals surface area contributed by atoms with Crippen LogP contribution in [0.25, 0.3) is 0 Å². The average Bonchev–Trinajstić information content (AvgIpc) is 2.56. The largest absolute Gasteiger partial charge is 0.325 e. The highest BCUT2D eigenvalue weighted by Crippen LogP contribution is 2.17. The number of amides is 1. The van der Waals surface area contributed by atoms with Crippen molar-refractivity contribution < 1.29 is 22.0 Å². The smallest absolute Gasteiger partial charge is 0.241 e.